The standard InChI is InChI=1S/C66H125NO5/c1-3-5-7-9-11-13-15-17-19-20-21-25-28-31-34-38-42-46-50-54-58-64(69)63(62-68)67-65(70)59-55-51-47-43-39-35-32-29-26-23-22-24-27-30-33-37-41-45-49-53-57-61-72-66(71)60-56-52-48-44-40-36-18-16-14-12-10-8-6-4-2/h10,12,16,18,23,26,63-64,68-69H,3-9,11,13-15,17,19-22,24-25,27-62H2,1-2H3,(H,67,70)/b12-10-,18-16-,26-23-. The maximum atomic E-state index is 12.5. The molecule has 2 unspecified atom stereocenters. The quantitative estimate of drug-likeness (QED) is 0.0320. The van der Waals surface area contributed by atoms with Crippen LogP contribution in [0.2, 0.25) is 0 Å². The SMILES string of the molecule is CCCC/C=C\C/C=C\CCCCCCCC(=O)OCCCCCCCCCCCC/C=C\CCCCCCCCCC(=O)NC(CO)C(O)CCCCCCCCCCCCCCCCCCCCCC. The van der Waals surface area contributed by atoms with E-state index in [2.05, 4.69) is 55.6 Å². The summed E-state index contributed by atoms with van der Waals surface area (Å²) in [7, 11) is 0. The number of carbonyl (C=O) groups is 2. The van der Waals surface area contributed by atoms with Gasteiger partial charge in [0.2, 0.25) is 5.91 Å². The van der Waals surface area contributed by atoms with Crippen LogP contribution in [0.15, 0.2) is 36.5 Å². The molecule has 1 amide bonds. The van der Waals surface area contributed by atoms with Crippen LogP contribution in [-0.4, -0.2) is 47.4 Å². The van der Waals surface area contributed by atoms with Crippen molar-refractivity contribution in [1.29, 1.82) is 0 Å². The molecule has 0 aromatic heterocycles. The predicted molar refractivity (Wildman–Crippen MR) is 315 cm³/mol. The third kappa shape index (κ3) is 57.4. The highest BCUT2D eigenvalue weighted by molar-refractivity contribution is 5.76. The number of hydrogen-bond acceptors (Lipinski definition) is 5. The minimum atomic E-state index is -0.671. The lowest BCUT2D eigenvalue weighted by Crippen LogP contribution is -2.45. The average molecular weight is 1010 g/mol. The normalized spacial score (nSPS) is 12.8. The molecule has 0 heterocycles. The molecule has 0 rings (SSSR count). The van der Waals surface area contributed by atoms with Crippen molar-refractivity contribution < 1.29 is 24.5 Å². The number of esters is 1. The van der Waals surface area contributed by atoms with Gasteiger partial charge in [0.25, 0.3) is 0 Å². The van der Waals surface area contributed by atoms with E-state index in [0.717, 1.165) is 51.4 Å². The molecule has 0 bridgehead atoms. The Morgan fingerprint density at radius 2 is 0.708 bits per heavy atom. The van der Waals surface area contributed by atoms with E-state index >= 15 is 0 Å². The number of aliphatic hydroxyl groups excluding tert-OH is 2. The van der Waals surface area contributed by atoms with Gasteiger partial charge < -0.3 is 20.3 Å². The van der Waals surface area contributed by atoms with Crippen molar-refractivity contribution in [3.8, 4) is 0 Å². The summed E-state index contributed by atoms with van der Waals surface area (Å²) in [6.07, 6.45) is 77.3. The third-order valence-electron chi connectivity index (χ3n) is 14.9. The van der Waals surface area contributed by atoms with E-state index in [9.17, 15) is 19.8 Å². The van der Waals surface area contributed by atoms with Crippen molar-refractivity contribution in [2.75, 3.05) is 13.2 Å². The van der Waals surface area contributed by atoms with Crippen LogP contribution in [0.4, 0.5) is 0 Å². The molecule has 0 fully saturated rings. The summed E-state index contributed by atoms with van der Waals surface area (Å²) in [5.74, 6) is -0.0463. The number of amides is 1. The summed E-state index contributed by atoms with van der Waals surface area (Å²) in [5, 5.41) is 23.4. The summed E-state index contributed by atoms with van der Waals surface area (Å²) in [6.45, 7) is 4.92. The van der Waals surface area contributed by atoms with Crippen molar-refractivity contribution in [3.05, 3.63) is 36.5 Å². The Morgan fingerprint density at radius 1 is 0.389 bits per heavy atom. The Kier molecular flexibility index (Phi) is 60.0. The fourth-order valence-electron chi connectivity index (χ4n) is 9.95. The lowest BCUT2D eigenvalue weighted by molar-refractivity contribution is -0.143. The number of aliphatic hydroxyl groups is 2. The van der Waals surface area contributed by atoms with Gasteiger partial charge >= 0.3 is 5.97 Å². The number of allylic oxidation sites excluding steroid dienone is 6. The van der Waals surface area contributed by atoms with E-state index < -0.39 is 12.1 Å². The monoisotopic (exact) mass is 1010 g/mol. The minimum Gasteiger partial charge on any atom is -0.466 e. The lowest BCUT2D eigenvalue weighted by atomic mass is 10.0. The second-order valence-corrected chi connectivity index (χ2v) is 22.1. The number of unbranched alkanes of at least 4 members (excludes halogenated alkanes) is 43. The van der Waals surface area contributed by atoms with Crippen molar-refractivity contribution in [3.63, 3.8) is 0 Å². The number of nitrogens with one attached hydrogen (secondary N) is 1. The summed E-state index contributed by atoms with van der Waals surface area (Å²) >= 11 is 0. The highest BCUT2D eigenvalue weighted by atomic mass is 16.5. The largest absolute Gasteiger partial charge is 0.466 e. The molecule has 424 valence electrons. The molecule has 0 aromatic carbocycles. The summed E-state index contributed by atoms with van der Waals surface area (Å²) < 4.78 is 5.47. The molecular formula is C66H125NO5. The molecule has 0 saturated carbocycles. The summed E-state index contributed by atoms with van der Waals surface area (Å²) in [5.41, 5.74) is 0. The van der Waals surface area contributed by atoms with Gasteiger partial charge in [-0.3, -0.25) is 9.59 Å². The lowest BCUT2D eigenvalue weighted by Gasteiger charge is -2.22. The van der Waals surface area contributed by atoms with Gasteiger partial charge in [-0.25, -0.2) is 0 Å². The molecule has 0 aliphatic carbocycles. The molecule has 0 saturated heterocycles. The minimum absolute atomic E-state index is 0.00610. The highest BCUT2D eigenvalue weighted by Crippen LogP contribution is 2.18. The molecule has 0 spiro atoms. The highest BCUT2D eigenvalue weighted by Gasteiger charge is 2.20. The van der Waals surface area contributed by atoms with Crippen molar-refractivity contribution in [1.82, 2.24) is 5.32 Å². The first-order valence-corrected chi connectivity index (χ1v) is 32.2. The van der Waals surface area contributed by atoms with Gasteiger partial charge in [-0.1, -0.05) is 294 Å². The van der Waals surface area contributed by atoms with E-state index in [4.69, 9.17) is 4.74 Å². The van der Waals surface area contributed by atoms with E-state index in [-0.39, 0.29) is 18.5 Å². The van der Waals surface area contributed by atoms with E-state index in [0.29, 0.717) is 25.9 Å². The third-order valence-corrected chi connectivity index (χ3v) is 14.9. The van der Waals surface area contributed by atoms with Crippen molar-refractivity contribution >= 4 is 11.9 Å². The van der Waals surface area contributed by atoms with Crippen molar-refractivity contribution in [2.45, 2.75) is 360 Å². The van der Waals surface area contributed by atoms with E-state index in [1.54, 1.807) is 0 Å². The second-order valence-electron chi connectivity index (χ2n) is 22.1. The molecular weight excluding hydrogens is 887 g/mol. The van der Waals surface area contributed by atoms with Crippen LogP contribution in [-0.2, 0) is 14.3 Å². The van der Waals surface area contributed by atoms with Crippen LogP contribution in [0.5, 0.6) is 0 Å². The topological polar surface area (TPSA) is 95.9 Å². The average Bonchev–Trinajstić information content (AvgIpc) is 3.38. The van der Waals surface area contributed by atoms with Gasteiger partial charge in [-0.05, 0) is 77.0 Å². The molecule has 0 aliphatic heterocycles. The van der Waals surface area contributed by atoms with Crippen LogP contribution in [0.25, 0.3) is 0 Å². The zero-order chi connectivity index (χ0) is 52.2. The summed E-state index contributed by atoms with van der Waals surface area (Å²) in [4.78, 5) is 24.6. The number of hydrogen-bond donors (Lipinski definition) is 3. The van der Waals surface area contributed by atoms with Crippen LogP contribution in [0, 0.1) is 0 Å². The van der Waals surface area contributed by atoms with Crippen LogP contribution >= 0.6 is 0 Å². The van der Waals surface area contributed by atoms with Gasteiger partial charge in [0, 0.05) is 12.8 Å². The summed E-state index contributed by atoms with van der Waals surface area (Å²) in [6, 6.07) is -0.549. The van der Waals surface area contributed by atoms with Gasteiger partial charge in [0.1, 0.15) is 0 Å². The van der Waals surface area contributed by atoms with Gasteiger partial charge in [-0.15, -0.1) is 0 Å². The number of rotatable bonds is 60. The van der Waals surface area contributed by atoms with Gasteiger partial charge in [-0.2, -0.15) is 0 Å². The Bertz CT molecular complexity index is 1170. The Balaban J connectivity index is 3.43. The fraction of sp³-hybridized carbons (Fsp3) is 0.879. The first-order valence-electron chi connectivity index (χ1n) is 32.2. The first-order chi connectivity index (χ1) is 35.5. The smallest absolute Gasteiger partial charge is 0.305 e. The van der Waals surface area contributed by atoms with E-state index in [1.807, 2.05) is 0 Å². The van der Waals surface area contributed by atoms with E-state index in [1.165, 1.54) is 263 Å². The molecule has 0 radical (unpaired) electrons. The van der Waals surface area contributed by atoms with Crippen LogP contribution in [0.1, 0.15) is 348 Å². The van der Waals surface area contributed by atoms with Crippen LogP contribution < -0.4 is 5.32 Å². The Morgan fingerprint density at radius 3 is 1.11 bits per heavy atom. The van der Waals surface area contributed by atoms with Crippen LogP contribution in [0.3, 0.4) is 0 Å². The van der Waals surface area contributed by atoms with Crippen molar-refractivity contribution in [2.24, 2.45) is 0 Å². The molecule has 72 heavy (non-hydrogen) atoms. The van der Waals surface area contributed by atoms with Gasteiger partial charge in [0.15, 0.2) is 0 Å². The number of carbonyl (C=O) groups excluding carboxylic acids is 2. The second kappa shape index (κ2) is 61.6. The molecule has 2 atom stereocenters. The molecule has 0 aromatic rings. The molecule has 0 aliphatic rings. The molecule has 3 N–H and O–H groups in total. The zero-order valence-electron chi connectivity index (χ0n) is 48.4. The Hall–Kier alpha value is -1.92. The molecule has 6 nitrogen and oxygen atoms in total. The fourth-order valence-corrected chi connectivity index (χ4v) is 9.95. The first kappa shape index (κ1) is 70.1. The number of ether oxygens (including phenoxy) is 1. The maximum absolute atomic E-state index is 12.5. The maximum Gasteiger partial charge on any atom is 0.305 e. The molecule has 6 heteroatoms. The Labute approximate surface area is 449 Å². The predicted octanol–water partition coefficient (Wildman–Crippen LogP) is 20.4. The van der Waals surface area contributed by atoms with Gasteiger partial charge in [0.05, 0.1) is 25.4 Å². The zero-order valence-corrected chi connectivity index (χ0v) is 48.4.